The summed E-state index contributed by atoms with van der Waals surface area (Å²) in [4.78, 5) is 33.0. The molecule has 132 valence electrons. The van der Waals surface area contributed by atoms with Gasteiger partial charge in [0, 0.05) is 0 Å². The number of carbonyl (C=O) groups is 1. The average molecular weight is 365 g/mol. The van der Waals surface area contributed by atoms with Gasteiger partial charge in [-0.05, 0) is 24.6 Å². The van der Waals surface area contributed by atoms with Crippen LogP contribution in [0.1, 0.15) is 23.7 Å². The lowest BCUT2D eigenvalue weighted by Gasteiger charge is -2.20. The van der Waals surface area contributed by atoms with E-state index in [4.69, 9.17) is 19.2 Å². The smallest absolute Gasteiger partial charge is 0.340 e. The van der Waals surface area contributed by atoms with Crippen LogP contribution in [0.4, 0.5) is 22.0 Å². The zero-order valence-electron chi connectivity index (χ0n) is 11.5. The molecule has 1 atom stereocenters. The van der Waals surface area contributed by atoms with Gasteiger partial charge in [-0.25, -0.2) is 13.3 Å². The highest BCUT2D eigenvalue weighted by Gasteiger charge is 2.39. The maximum absolute atomic E-state index is 13.2. The molecule has 0 aliphatic heterocycles. The van der Waals surface area contributed by atoms with Crippen molar-refractivity contribution in [2.45, 2.75) is 25.6 Å². The molecule has 0 fully saturated rings. The monoisotopic (exact) mass is 365 g/mol. The third-order valence-electron chi connectivity index (χ3n) is 2.28. The van der Waals surface area contributed by atoms with Crippen molar-refractivity contribution < 1.29 is 46.0 Å². The second-order valence-corrected chi connectivity index (χ2v) is 5.14. The first-order valence-corrected chi connectivity index (χ1v) is 7.43. The lowest BCUT2D eigenvalue weighted by Crippen LogP contribution is -2.45. The fourth-order valence-electron chi connectivity index (χ4n) is 1.32. The molecule has 0 unspecified atom stereocenters. The van der Waals surface area contributed by atoms with Crippen LogP contribution in [0.2, 0.25) is 0 Å². The summed E-state index contributed by atoms with van der Waals surface area (Å²) in [7, 11) is -4.64. The number of nitrogens with one attached hydrogen (secondary N) is 1. The lowest BCUT2D eigenvalue weighted by molar-refractivity contribution is -0.153. The molecule has 1 amide bonds. The molecule has 12 heteroatoms. The Morgan fingerprint density at radius 3 is 2.13 bits per heavy atom. The molecule has 0 aliphatic rings. The van der Waals surface area contributed by atoms with Gasteiger partial charge in [0.05, 0.1) is 5.56 Å². The number of amides is 1. The highest BCUT2D eigenvalue weighted by Crippen LogP contribution is 2.26. The SMILES string of the molecule is CC[C@H](NC(=O)c1cc(F)ccc1F)C(F)(F)F.O=P(O)(O)O. The predicted octanol–water partition coefficient (Wildman–Crippen LogP) is 2.11. The Hall–Kier alpha value is -1.55. The second-order valence-electron chi connectivity index (χ2n) is 4.11. The van der Waals surface area contributed by atoms with Gasteiger partial charge >= 0.3 is 14.0 Å². The van der Waals surface area contributed by atoms with Gasteiger partial charge in [-0.1, -0.05) is 6.92 Å². The van der Waals surface area contributed by atoms with Crippen LogP contribution >= 0.6 is 7.82 Å². The maximum Gasteiger partial charge on any atom is 0.466 e. The summed E-state index contributed by atoms with van der Waals surface area (Å²) in [5.41, 5.74) is -0.752. The van der Waals surface area contributed by atoms with Crippen molar-refractivity contribution in [3.05, 3.63) is 35.4 Å². The van der Waals surface area contributed by atoms with E-state index in [9.17, 15) is 26.7 Å². The topological polar surface area (TPSA) is 107 Å². The molecule has 1 rings (SSSR count). The fraction of sp³-hybridized carbons (Fsp3) is 0.364. The Labute approximate surface area is 127 Å². The van der Waals surface area contributed by atoms with Crippen LogP contribution in [0, 0.1) is 11.6 Å². The van der Waals surface area contributed by atoms with Crippen LogP contribution in [0.3, 0.4) is 0 Å². The van der Waals surface area contributed by atoms with Gasteiger partial charge in [0.15, 0.2) is 0 Å². The van der Waals surface area contributed by atoms with Gasteiger partial charge in [0.25, 0.3) is 5.91 Å². The van der Waals surface area contributed by atoms with Crippen LogP contribution in [-0.2, 0) is 4.57 Å². The van der Waals surface area contributed by atoms with E-state index in [0.29, 0.717) is 12.1 Å². The molecule has 1 aromatic carbocycles. The summed E-state index contributed by atoms with van der Waals surface area (Å²) in [6.07, 6.45) is -5.03. The molecule has 0 aliphatic carbocycles. The Morgan fingerprint density at radius 2 is 1.74 bits per heavy atom. The fourth-order valence-corrected chi connectivity index (χ4v) is 1.32. The van der Waals surface area contributed by atoms with Gasteiger partial charge in [-0.3, -0.25) is 4.79 Å². The molecule has 0 radical (unpaired) electrons. The molecule has 23 heavy (non-hydrogen) atoms. The highest BCUT2D eigenvalue weighted by atomic mass is 31.2. The van der Waals surface area contributed by atoms with Gasteiger partial charge in [0.2, 0.25) is 0 Å². The average Bonchev–Trinajstić information content (AvgIpc) is 2.35. The number of benzene rings is 1. The number of phosphoric acid groups is 1. The van der Waals surface area contributed by atoms with Crippen molar-refractivity contribution in [2.24, 2.45) is 0 Å². The molecule has 0 heterocycles. The second kappa shape index (κ2) is 8.34. The molecule has 0 bridgehead atoms. The van der Waals surface area contributed by atoms with Crippen molar-refractivity contribution in [1.82, 2.24) is 5.32 Å². The summed E-state index contributed by atoms with van der Waals surface area (Å²) in [6.45, 7) is 1.22. The first kappa shape index (κ1) is 21.4. The first-order valence-electron chi connectivity index (χ1n) is 5.86. The summed E-state index contributed by atoms with van der Waals surface area (Å²) < 4.78 is 72.0. The van der Waals surface area contributed by atoms with E-state index in [1.807, 2.05) is 0 Å². The molecule has 0 aromatic heterocycles. The molecule has 6 nitrogen and oxygen atoms in total. The predicted molar refractivity (Wildman–Crippen MR) is 68.2 cm³/mol. The molecular formula is C11H13F5NO5P. The van der Waals surface area contributed by atoms with E-state index in [1.165, 1.54) is 6.92 Å². The summed E-state index contributed by atoms with van der Waals surface area (Å²) in [5.74, 6) is -3.27. The zero-order valence-corrected chi connectivity index (χ0v) is 12.4. The minimum absolute atomic E-state index is 0.397. The Bertz CT molecular complexity index is 580. The van der Waals surface area contributed by atoms with Crippen LogP contribution in [0.15, 0.2) is 18.2 Å². The molecule has 4 N–H and O–H groups in total. The van der Waals surface area contributed by atoms with Crippen LogP contribution < -0.4 is 5.32 Å². The van der Waals surface area contributed by atoms with Crippen LogP contribution in [0.5, 0.6) is 0 Å². The quantitative estimate of drug-likeness (QED) is 0.485. The van der Waals surface area contributed by atoms with Crippen molar-refractivity contribution in [2.75, 3.05) is 0 Å². The van der Waals surface area contributed by atoms with Gasteiger partial charge in [-0.2, -0.15) is 13.2 Å². The Morgan fingerprint density at radius 1 is 1.26 bits per heavy atom. The van der Waals surface area contributed by atoms with Crippen molar-refractivity contribution >= 4 is 13.7 Å². The van der Waals surface area contributed by atoms with Crippen molar-refractivity contribution in [1.29, 1.82) is 0 Å². The molecule has 1 aromatic rings. The van der Waals surface area contributed by atoms with E-state index < -0.39 is 49.6 Å². The number of carbonyl (C=O) groups excluding carboxylic acids is 1. The molecule has 0 saturated heterocycles. The summed E-state index contributed by atoms with van der Waals surface area (Å²) in [5, 5.41) is 1.62. The molecule has 0 spiro atoms. The van der Waals surface area contributed by atoms with E-state index >= 15 is 0 Å². The van der Waals surface area contributed by atoms with Crippen LogP contribution in [0.25, 0.3) is 0 Å². The lowest BCUT2D eigenvalue weighted by atomic mass is 10.1. The maximum atomic E-state index is 13.2. The number of rotatable bonds is 3. The summed E-state index contributed by atoms with van der Waals surface area (Å²) >= 11 is 0. The van der Waals surface area contributed by atoms with Gasteiger partial charge in [-0.15, -0.1) is 0 Å². The summed E-state index contributed by atoms with van der Waals surface area (Å²) in [6, 6.07) is -0.0904. The molecule has 0 saturated carbocycles. The minimum Gasteiger partial charge on any atom is -0.340 e. The minimum atomic E-state index is -4.64. The standard InChI is InChI=1S/C11H10F5NO.H3O4P/c1-2-9(11(14,15)16)17-10(18)7-5-6(12)3-4-8(7)13;1-5(2,3)4/h3-5,9H,2H2,1H3,(H,17,18);(H3,1,2,3,4)/t9-;/m0./s1. The third kappa shape index (κ3) is 9.24. The van der Waals surface area contributed by atoms with Gasteiger partial charge < -0.3 is 20.0 Å². The Balaban J connectivity index is 0.000000841. The first-order chi connectivity index (χ1) is 10.3. The number of alkyl halides is 3. The normalized spacial score (nSPS) is 12.9. The van der Waals surface area contributed by atoms with Crippen molar-refractivity contribution in [3.8, 4) is 0 Å². The number of hydrogen-bond donors (Lipinski definition) is 4. The van der Waals surface area contributed by atoms with Crippen LogP contribution in [-0.4, -0.2) is 32.8 Å². The van der Waals surface area contributed by atoms with E-state index in [0.717, 1.165) is 6.07 Å². The number of hydrogen-bond acceptors (Lipinski definition) is 2. The van der Waals surface area contributed by atoms with E-state index in [2.05, 4.69) is 0 Å². The molecular weight excluding hydrogens is 352 g/mol. The number of halogens is 5. The largest absolute Gasteiger partial charge is 0.466 e. The zero-order chi connectivity index (χ0) is 18.4. The van der Waals surface area contributed by atoms with E-state index in [-0.39, 0.29) is 0 Å². The Kier molecular flexibility index (Phi) is 7.78. The highest BCUT2D eigenvalue weighted by molar-refractivity contribution is 7.45. The van der Waals surface area contributed by atoms with E-state index in [1.54, 1.807) is 5.32 Å². The van der Waals surface area contributed by atoms with Crippen molar-refractivity contribution in [3.63, 3.8) is 0 Å². The third-order valence-corrected chi connectivity index (χ3v) is 2.28. The van der Waals surface area contributed by atoms with Gasteiger partial charge in [0.1, 0.15) is 17.7 Å².